The Morgan fingerprint density at radius 2 is 1.55 bits per heavy atom. The van der Waals surface area contributed by atoms with Gasteiger partial charge in [0.15, 0.2) is 0 Å². The van der Waals surface area contributed by atoms with Crippen LogP contribution in [0.25, 0.3) is 27.4 Å². The summed E-state index contributed by atoms with van der Waals surface area (Å²) < 4.78 is 1.64. The maximum absolute atomic E-state index is 14.6. The molecule has 7 nitrogen and oxygen atoms in total. The summed E-state index contributed by atoms with van der Waals surface area (Å²) in [5.74, 6) is -1.34. The van der Waals surface area contributed by atoms with Crippen molar-refractivity contribution in [3.05, 3.63) is 113 Å². The Morgan fingerprint density at radius 3 is 2.38 bits per heavy atom. The van der Waals surface area contributed by atoms with Gasteiger partial charge >= 0.3 is 0 Å². The van der Waals surface area contributed by atoms with Crippen molar-refractivity contribution in [3.63, 3.8) is 0 Å². The monoisotopic (exact) mass is 526 g/mol. The predicted octanol–water partition coefficient (Wildman–Crippen LogP) is 4.53. The van der Waals surface area contributed by atoms with Gasteiger partial charge in [0.05, 0.1) is 34.1 Å². The van der Waals surface area contributed by atoms with Gasteiger partial charge in [0.1, 0.15) is 11.4 Å². The molecule has 3 aliphatic rings. The van der Waals surface area contributed by atoms with Crippen LogP contribution in [-0.4, -0.2) is 27.4 Å². The first-order valence-electron chi connectivity index (χ1n) is 13.7. The van der Waals surface area contributed by atoms with E-state index in [4.69, 9.17) is 4.98 Å². The quantitative estimate of drug-likeness (QED) is 0.342. The van der Waals surface area contributed by atoms with E-state index in [0.717, 1.165) is 16.3 Å². The van der Waals surface area contributed by atoms with E-state index in [1.165, 1.54) is 4.90 Å². The van der Waals surface area contributed by atoms with E-state index in [1.54, 1.807) is 10.6 Å². The summed E-state index contributed by atoms with van der Waals surface area (Å²) in [5.41, 5.74) is 1.32. The maximum Gasteiger partial charge on any atom is 0.266 e. The van der Waals surface area contributed by atoms with Crippen molar-refractivity contribution in [1.82, 2.24) is 14.9 Å². The Kier molecular flexibility index (Phi) is 4.63. The van der Waals surface area contributed by atoms with Gasteiger partial charge in [0.2, 0.25) is 11.8 Å². The highest BCUT2D eigenvalue weighted by molar-refractivity contribution is 6.23. The summed E-state index contributed by atoms with van der Waals surface area (Å²) in [7, 11) is 0. The van der Waals surface area contributed by atoms with Gasteiger partial charge in [-0.3, -0.25) is 24.3 Å². The van der Waals surface area contributed by atoms with E-state index < -0.39 is 17.4 Å². The minimum atomic E-state index is -1.13. The molecule has 2 saturated heterocycles. The molecule has 4 atom stereocenters. The number of hydrogen-bond acceptors (Lipinski definition) is 5. The average Bonchev–Trinajstić information content (AvgIpc) is 3.56. The maximum atomic E-state index is 14.6. The fraction of sp³-hybridized carbons (Fsp3) is 0.212. The van der Waals surface area contributed by atoms with Crippen molar-refractivity contribution >= 4 is 39.2 Å². The summed E-state index contributed by atoms with van der Waals surface area (Å²) in [6, 6.07) is 28.2. The molecule has 1 N–H and O–H groups in total. The number of para-hydroxylation sites is 2. The molecule has 196 valence electrons. The number of nitrogens with zero attached hydrogens (tertiary/aromatic N) is 3. The Labute approximate surface area is 230 Å². The molecule has 0 saturated carbocycles. The Balaban J connectivity index is 1.40. The van der Waals surface area contributed by atoms with Crippen LogP contribution in [0.2, 0.25) is 0 Å². The lowest BCUT2D eigenvalue weighted by Crippen LogP contribution is -2.51. The van der Waals surface area contributed by atoms with Crippen molar-refractivity contribution in [3.8, 4) is 5.69 Å². The molecule has 7 heteroatoms. The van der Waals surface area contributed by atoms with E-state index in [1.807, 2.05) is 84.9 Å². The molecule has 1 aromatic heterocycles. The van der Waals surface area contributed by atoms with Crippen molar-refractivity contribution in [2.24, 2.45) is 17.8 Å². The van der Waals surface area contributed by atoms with Crippen LogP contribution in [0, 0.1) is 17.8 Å². The largest absolute Gasteiger partial charge is 0.296 e. The number of rotatable bonds is 2. The van der Waals surface area contributed by atoms with Crippen molar-refractivity contribution in [2.75, 3.05) is 4.90 Å². The Morgan fingerprint density at radius 1 is 0.825 bits per heavy atom. The second-order valence-corrected chi connectivity index (χ2v) is 11.4. The smallest absolute Gasteiger partial charge is 0.266 e. The van der Waals surface area contributed by atoms with Crippen LogP contribution in [0.3, 0.4) is 0 Å². The number of nitrogens with one attached hydrogen (secondary N) is 1. The second kappa shape index (κ2) is 7.96. The van der Waals surface area contributed by atoms with E-state index in [-0.39, 0.29) is 29.3 Å². The van der Waals surface area contributed by atoms with Crippen LogP contribution >= 0.6 is 0 Å². The topological polar surface area (TPSA) is 84.3 Å². The first-order valence-corrected chi connectivity index (χ1v) is 13.7. The van der Waals surface area contributed by atoms with Crippen LogP contribution in [0.4, 0.5) is 5.69 Å². The van der Waals surface area contributed by atoms with Crippen molar-refractivity contribution in [1.29, 1.82) is 0 Å². The fourth-order valence-corrected chi connectivity index (χ4v) is 7.29. The number of aromatic nitrogens is 2. The molecule has 4 heterocycles. The molecule has 40 heavy (non-hydrogen) atoms. The summed E-state index contributed by atoms with van der Waals surface area (Å²) >= 11 is 0. The number of fused-ring (bicyclic) bond motifs is 9. The van der Waals surface area contributed by atoms with Gasteiger partial charge in [-0.25, -0.2) is 9.88 Å². The molecule has 2 amide bonds. The normalized spacial score (nSPS) is 24.9. The lowest BCUT2D eigenvalue weighted by Gasteiger charge is -2.32. The molecule has 8 rings (SSSR count). The van der Waals surface area contributed by atoms with E-state index in [9.17, 15) is 14.4 Å². The van der Waals surface area contributed by atoms with E-state index in [2.05, 4.69) is 19.2 Å². The lowest BCUT2D eigenvalue weighted by atomic mass is 9.75. The van der Waals surface area contributed by atoms with Gasteiger partial charge in [-0.1, -0.05) is 74.5 Å². The molecule has 0 aliphatic carbocycles. The molecule has 2 fully saturated rings. The van der Waals surface area contributed by atoms with E-state index in [0.29, 0.717) is 28.1 Å². The summed E-state index contributed by atoms with van der Waals surface area (Å²) in [5, 5.41) is 6.26. The third-order valence-electron chi connectivity index (χ3n) is 9.01. The highest BCUT2D eigenvalue weighted by atomic mass is 16.2. The number of amides is 2. The van der Waals surface area contributed by atoms with E-state index >= 15 is 0 Å². The second-order valence-electron chi connectivity index (χ2n) is 11.4. The summed E-state index contributed by atoms with van der Waals surface area (Å²) in [6.45, 7) is 4.12. The number of benzene rings is 4. The highest BCUT2D eigenvalue weighted by Crippen LogP contribution is 2.56. The van der Waals surface area contributed by atoms with Crippen LogP contribution in [-0.2, 0) is 15.1 Å². The molecule has 4 aromatic carbocycles. The summed E-state index contributed by atoms with van der Waals surface area (Å²) in [4.78, 5) is 49.2. The predicted molar refractivity (Wildman–Crippen MR) is 153 cm³/mol. The lowest BCUT2D eigenvalue weighted by molar-refractivity contribution is -0.123. The Hall–Kier alpha value is -4.62. The number of imide groups is 1. The zero-order valence-electron chi connectivity index (χ0n) is 22.0. The van der Waals surface area contributed by atoms with Crippen molar-refractivity contribution < 1.29 is 9.59 Å². The number of anilines is 1. The van der Waals surface area contributed by atoms with Crippen LogP contribution in [0.5, 0.6) is 0 Å². The molecule has 0 radical (unpaired) electrons. The minimum Gasteiger partial charge on any atom is -0.296 e. The zero-order valence-corrected chi connectivity index (χ0v) is 22.0. The standard InChI is InChI=1S/C33H26N4O3/c1-18(2)28-26-27(31(40)36(30(26)39)21-16-15-19-9-3-4-10-20(19)17-21)33(35-28)23-12-6-8-14-25(23)37-29(38)22-11-5-7-13-24(22)34-32(33)37/h3-18,26-28,35H,1-2H3/t26-,27-,28?,33?/m1/s1. The first-order chi connectivity index (χ1) is 19.4. The SMILES string of the molecule is CC(C)C1NC2(c3ccccc3-n3c2nc2ccccc2c3=O)[C@H]2C(=O)N(c3ccc4ccccc4c3)C(=O)[C@@H]12. The molecule has 5 aromatic rings. The molecule has 0 bridgehead atoms. The van der Waals surface area contributed by atoms with Gasteiger partial charge < -0.3 is 0 Å². The number of hydrogen-bond donors (Lipinski definition) is 1. The molecular formula is C33H26N4O3. The molecule has 1 spiro atoms. The number of carbonyl (C=O) groups is 2. The molecule has 3 aliphatic heterocycles. The van der Waals surface area contributed by atoms with Gasteiger partial charge in [-0.2, -0.15) is 0 Å². The fourth-order valence-electron chi connectivity index (χ4n) is 7.29. The van der Waals surface area contributed by atoms with Crippen LogP contribution < -0.4 is 15.8 Å². The van der Waals surface area contributed by atoms with Crippen LogP contribution in [0.15, 0.2) is 95.8 Å². The number of carbonyl (C=O) groups excluding carboxylic acids is 2. The third-order valence-corrected chi connectivity index (χ3v) is 9.01. The van der Waals surface area contributed by atoms with Gasteiger partial charge in [0, 0.05) is 11.6 Å². The van der Waals surface area contributed by atoms with Crippen LogP contribution in [0.1, 0.15) is 25.2 Å². The highest BCUT2D eigenvalue weighted by Gasteiger charge is 2.70. The minimum absolute atomic E-state index is 0.0496. The molecular weight excluding hydrogens is 500 g/mol. The summed E-state index contributed by atoms with van der Waals surface area (Å²) in [6.07, 6.45) is 0. The van der Waals surface area contributed by atoms with Gasteiger partial charge in [-0.15, -0.1) is 0 Å². The molecule has 2 unspecified atom stereocenters. The van der Waals surface area contributed by atoms with Gasteiger partial charge in [-0.05, 0) is 47.0 Å². The van der Waals surface area contributed by atoms with Gasteiger partial charge in [0.25, 0.3) is 5.56 Å². The zero-order chi connectivity index (χ0) is 27.3. The third kappa shape index (κ3) is 2.77. The first kappa shape index (κ1) is 23.3. The Bertz CT molecular complexity index is 1980. The van der Waals surface area contributed by atoms with Crippen molar-refractivity contribution in [2.45, 2.75) is 25.4 Å². The average molecular weight is 527 g/mol.